The first-order chi connectivity index (χ1) is 6.76. The van der Waals surface area contributed by atoms with Gasteiger partial charge < -0.3 is 10.1 Å². The standard InChI is InChI=1S/C9H10ClN3O/c1-14-3-2-12-9-5-7(6-11)4-8(10)13-9/h4-5H,2-3H2,1H3,(H,12,13). The lowest BCUT2D eigenvalue weighted by Crippen LogP contribution is -2.08. The minimum atomic E-state index is 0.309. The van der Waals surface area contributed by atoms with Gasteiger partial charge in [0.05, 0.1) is 18.2 Å². The summed E-state index contributed by atoms with van der Waals surface area (Å²) in [5.41, 5.74) is 0.491. The van der Waals surface area contributed by atoms with E-state index >= 15 is 0 Å². The third-order valence-electron chi connectivity index (χ3n) is 1.54. The van der Waals surface area contributed by atoms with Gasteiger partial charge in [0.15, 0.2) is 0 Å². The highest BCUT2D eigenvalue weighted by molar-refractivity contribution is 6.29. The Morgan fingerprint density at radius 2 is 2.43 bits per heavy atom. The lowest BCUT2D eigenvalue weighted by molar-refractivity contribution is 0.210. The van der Waals surface area contributed by atoms with E-state index in [0.29, 0.717) is 29.7 Å². The summed E-state index contributed by atoms with van der Waals surface area (Å²) in [5.74, 6) is 0.589. The molecule has 0 aliphatic heterocycles. The average molecular weight is 212 g/mol. The maximum atomic E-state index is 8.67. The number of anilines is 1. The first kappa shape index (κ1) is 10.8. The quantitative estimate of drug-likeness (QED) is 0.608. The van der Waals surface area contributed by atoms with Crippen molar-refractivity contribution in [2.45, 2.75) is 0 Å². The average Bonchev–Trinajstić information content (AvgIpc) is 2.17. The van der Waals surface area contributed by atoms with Gasteiger partial charge in [-0.2, -0.15) is 5.26 Å². The van der Waals surface area contributed by atoms with Crippen LogP contribution in [0.5, 0.6) is 0 Å². The van der Waals surface area contributed by atoms with E-state index in [-0.39, 0.29) is 0 Å². The maximum absolute atomic E-state index is 8.67. The van der Waals surface area contributed by atoms with E-state index in [0.717, 1.165) is 0 Å². The molecule has 0 saturated heterocycles. The molecule has 1 heterocycles. The van der Waals surface area contributed by atoms with Crippen molar-refractivity contribution in [1.29, 1.82) is 5.26 Å². The first-order valence-electron chi connectivity index (χ1n) is 4.06. The monoisotopic (exact) mass is 211 g/mol. The summed E-state index contributed by atoms with van der Waals surface area (Å²) in [5, 5.41) is 12.0. The van der Waals surface area contributed by atoms with E-state index in [1.165, 1.54) is 6.07 Å². The molecule has 0 amide bonds. The molecule has 0 radical (unpaired) electrons. The number of halogens is 1. The van der Waals surface area contributed by atoms with Crippen molar-refractivity contribution in [3.63, 3.8) is 0 Å². The molecule has 1 aromatic rings. The Morgan fingerprint density at radius 1 is 1.64 bits per heavy atom. The minimum absolute atomic E-state index is 0.309. The Hall–Kier alpha value is -1.31. The second kappa shape index (κ2) is 5.43. The SMILES string of the molecule is COCCNc1cc(C#N)cc(Cl)n1. The van der Waals surface area contributed by atoms with Gasteiger partial charge >= 0.3 is 0 Å². The number of nitriles is 1. The number of ether oxygens (including phenoxy) is 1. The Bertz CT molecular complexity index is 348. The molecule has 4 nitrogen and oxygen atoms in total. The molecule has 0 bridgehead atoms. The highest BCUT2D eigenvalue weighted by Gasteiger charge is 1.99. The van der Waals surface area contributed by atoms with Gasteiger partial charge in [-0.15, -0.1) is 0 Å². The van der Waals surface area contributed by atoms with Crippen LogP contribution in [0.4, 0.5) is 5.82 Å². The highest BCUT2D eigenvalue weighted by atomic mass is 35.5. The molecule has 0 fully saturated rings. The minimum Gasteiger partial charge on any atom is -0.383 e. The zero-order valence-electron chi connectivity index (χ0n) is 7.75. The number of hydrogen-bond donors (Lipinski definition) is 1. The number of rotatable bonds is 4. The summed E-state index contributed by atoms with van der Waals surface area (Å²) < 4.78 is 4.86. The number of nitrogens with one attached hydrogen (secondary N) is 1. The number of nitrogens with zero attached hydrogens (tertiary/aromatic N) is 2. The lowest BCUT2D eigenvalue weighted by atomic mass is 10.3. The molecule has 0 aliphatic rings. The molecule has 0 unspecified atom stereocenters. The van der Waals surface area contributed by atoms with Crippen molar-refractivity contribution in [3.8, 4) is 6.07 Å². The lowest BCUT2D eigenvalue weighted by Gasteiger charge is -2.04. The van der Waals surface area contributed by atoms with Gasteiger partial charge in [-0.1, -0.05) is 11.6 Å². The van der Waals surface area contributed by atoms with Crippen LogP contribution in [0.3, 0.4) is 0 Å². The fourth-order valence-electron chi connectivity index (χ4n) is 0.933. The van der Waals surface area contributed by atoms with E-state index < -0.39 is 0 Å². The second-order valence-electron chi connectivity index (χ2n) is 2.60. The fourth-order valence-corrected chi connectivity index (χ4v) is 1.14. The third kappa shape index (κ3) is 3.21. The molecule has 1 N–H and O–H groups in total. The Kier molecular flexibility index (Phi) is 4.17. The molecule has 14 heavy (non-hydrogen) atoms. The van der Waals surface area contributed by atoms with Crippen LogP contribution in [0.2, 0.25) is 5.15 Å². The van der Waals surface area contributed by atoms with Gasteiger partial charge in [0.2, 0.25) is 0 Å². The van der Waals surface area contributed by atoms with Crippen LogP contribution in [0.1, 0.15) is 5.56 Å². The molecule has 5 heteroatoms. The Balaban J connectivity index is 2.68. The van der Waals surface area contributed by atoms with E-state index in [1.54, 1.807) is 13.2 Å². The van der Waals surface area contributed by atoms with Crippen LogP contribution >= 0.6 is 11.6 Å². The van der Waals surface area contributed by atoms with E-state index in [4.69, 9.17) is 21.6 Å². The van der Waals surface area contributed by atoms with Gasteiger partial charge in [-0.05, 0) is 12.1 Å². The fraction of sp³-hybridized carbons (Fsp3) is 0.333. The summed E-state index contributed by atoms with van der Waals surface area (Å²) >= 11 is 5.71. The second-order valence-corrected chi connectivity index (χ2v) is 2.98. The summed E-state index contributed by atoms with van der Waals surface area (Å²) in [4.78, 5) is 4.00. The van der Waals surface area contributed by atoms with Crippen molar-refractivity contribution in [1.82, 2.24) is 4.98 Å². The van der Waals surface area contributed by atoms with Crippen molar-refractivity contribution in [2.24, 2.45) is 0 Å². The van der Waals surface area contributed by atoms with Crippen molar-refractivity contribution in [2.75, 3.05) is 25.6 Å². The summed E-state index contributed by atoms with van der Waals surface area (Å²) in [6, 6.07) is 5.16. The molecule has 1 rings (SSSR count). The van der Waals surface area contributed by atoms with Gasteiger partial charge in [0, 0.05) is 13.7 Å². The molecule has 74 valence electrons. The van der Waals surface area contributed by atoms with Gasteiger partial charge in [0.25, 0.3) is 0 Å². The van der Waals surface area contributed by atoms with E-state index in [2.05, 4.69) is 10.3 Å². The van der Waals surface area contributed by atoms with E-state index in [9.17, 15) is 0 Å². The van der Waals surface area contributed by atoms with Crippen molar-refractivity contribution >= 4 is 17.4 Å². The molecule has 0 aromatic carbocycles. The van der Waals surface area contributed by atoms with E-state index in [1.807, 2.05) is 6.07 Å². The van der Waals surface area contributed by atoms with Crippen LogP contribution in [0, 0.1) is 11.3 Å². The molecule has 0 aliphatic carbocycles. The highest BCUT2D eigenvalue weighted by Crippen LogP contribution is 2.13. The van der Waals surface area contributed by atoms with Crippen LogP contribution in [0.25, 0.3) is 0 Å². The zero-order valence-corrected chi connectivity index (χ0v) is 8.51. The molecule has 0 atom stereocenters. The van der Waals surface area contributed by atoms with Crippen LogP contribution < -0.4 is 5.32 Å². The van der Waals surface area contributed by atoms with Crippen molar-refractivity contribution < 1.29 is 4.74 Å². The maximum Gasteiger partial charge on any atom is 0.132 e. The summed E-state index contributed by atoms with van der Waals surface area (Å²) in [7, 11) is 1.62. The van der Waals surface area contributed by atoms with Crippen LogP contribution in [-0.2, 0) is 4.74 Å². The van der Waals surface area contributed by atoms with Crippen LogP contribution in [0.15, 0.2) is 12.1 Å². The Morgan fingerprint density at radius 3 is 3.07 bits per heavy atom. The first-order valence-corrected chi connectivity index (χ1v) is 4.44. The molecular formula is C9H10ClN3O. The number of pyridine rings is 1. The largest absolute Gasteiger partial charge is 0.383 e. The number of aromatic nitrogens is 1. The van der Waals surface area contributed by atoms with Gasteiger partial charge in [-0.3, -0.25) is 0 Å². The van der Waals surface area contributed by atoms with Gasteiger partial charge in [-0.25, -0.2) is 4.98 Å². The number of hydrogen-bond acceptors (Lipinski definition) is 4. The van der Waals surface area contributed by atoms with Crippen molar-refractivity contribution in [3.05, 3.63) is 22.8 Å². The normalized spacial score (nSPS) is 9.50. The zero-order chi connectivity index (χ0) is 10.4. The number of methoxy groups -OCH3 is 1. The van der Waals surface area contributed by atoms with Crippen LogP contribution in [-0.4, -0.2) is 25.2 Å². The topological polar surface area (TPSA) is 57.9 Å². The summed E-state index contributed by atoms with van der Waals surface area (Å²) in [6.07, 6.45) is 0. The molecule has 0 spiro atoms. The molecule has 0 saturated carbocycles. The smallest absolute Gasteiger partial charge is 0.132 e. The third-order valence-corrected chi connectivity index (χ3v) is 1.73. The predicted octanol–water partition coefficient (Wildman–Crippen LogP) is 1.66. The summed E-state index contributed by atoms with van der Waals surface area (Å²) in [6.45, 7) is 1.21. The predicted molar refractivity (Wildman–Crippen MR) is 54.3 cm³/mol. The Labute approximate surface area is 87.5 Å². The molecule has 1 aromatic heterocycles. The van der Waals surface area contributed by atoms with Gasteiger partial charge in [0.1, 0.15) is 11.0 Å². The molecular weight excluding hydrogens is 202 g/mol.